The summed E-state index contributed by atoms with van der Waals surface area (Å²) < 4.78 is 26.9. The molecule has 4 heterocycles. The first-order valence-electron chi connectivity index (χ1n) is 12.4. The highest BCUT2D eigenvalue weighted by molar-refractivity contribution is 5.75. The van der Waals surface area contributed by atoms with Gasteiger partial charge in [0.25, 0.3) is 0 Å². The molecule has 37 heavy (non-hydrogen) atoms. The normalized spacial score (nSPS) is 14.5. The van der Waals surface area contributed by atoms with E-state index in [0.717, 1.165) is 28.2 Å². The molecule has 0 bridgehead atoms. The third-order valence-electron chi connectivity index (χ3n) is 6.76. The highest BCUT2D eigenvalue weighted by Gasteiger charge is 2.25. The first-order chi connectivity index (χ1) is 18.0. The van der Waals surface area contributed by atoms with Crippen LogP contribution in [-0.2, 0) is 17.7 Å². The molecule has 0 radical (unpaired) electrons. The molecule has 2 N–H and O–H groups in total. The van der Waals surface area contributed by atoms with Crippen molar-refractivity contribution in [3.8, 4) is 22.8 Å². The van der Waals surface area contributed by atoms with Gasteiger partial charge in [-0.15, -0.1) is 0 Å². The molecule has 1 saturated heterocycles. The van der Waals surface area contributed by atoms with Gasteiger partial charge in [-0.25, -0.2) is 4.39 Å². The Balaban J connectivity index is 1.29. The number of morpholine rings is 1. The minimum absolute atomic E-state index is 0.267. The summed E-state index contributed by atoms with van der Waals surface area (Å²) in [7, 11) is 0. The van der Waals surface area contributed by atoms with Crippen LogP contribution in [0.2, 0.25) is 0 Å². The van der Waals surface area contributed by atoms with Crippen LogP contribution in [0.15, 0.2) is 65.6 Å². The van der Waals surface area contributed by atoms with Gasteiger partial charge >= 0.3 is 0 Å². The van der Waals surface area contributed by atoms with Crippen molar-refractivity contribution in [3.05, 3.63) is 99.3 Å². The standard InChI is InChI=1S/C29H27FN4O3/c1-18-6-7-31-22(12-18)17-32-21-3-5-26-20(14-21)13-19-2-4-24(30)28(29(19)37-26)25-15-23(16-27(35)33-25)34-8-10-36-11-9-34/h2-7,12,14-16,32H,8-11,13,17H2,1H3,(H,33,35). The number of aromatic nitrogens is 2. The van der Waals surface area contributed by atoms with Crippen LogP contribution in [0.5, 0.6) is 11.5 Å². The van der Waals surface area contributed by atoms with E-state index in [0.29, 0.717) is 56.5 Å². The molecule has 2 aromatic carbocycles. The average Bonchev–Trinajstić information content (AvgIpc) is 2.91. The number of aromatic amines is 1. The average molecular weight is 499 g/mol. The smallest absolute Gasteiger partial charge is 0.250 e. The summed E-state index contributed by atoms with van der Waals surface area (Å²) in [6.45, 7) is 5.20. The fraction of sp³-hybridized carbons (Fsp3) is 0.241. The van der Waals surface area contributed by atoms with Crippen molar-refractivity contribution >= 4 is 11.4 Å². The van der Waals surface area contributed by atoms with Crippen molar-refractivity contribution in [2.24, 2.45) is 0 Å². The fourth-order valence-electron chi connectivity index (χ4n) is 4.91. The van der Waals surface area contributed by atoms with E-state index < -0.39 is 5.82 Å². The van der Waals surface area contributed by atoms with Gasteiger partial charge in [-0.3, -0.25) is 9.78 Å². The fourth-order valence-corrected chi connectivity index (χ4v) is 4.91. The number of nitrogens with one attached hydrogen (secondary N) is 2. The van der Waals surface area contributed by atoms with Gasteiger partial charge in [-0.2, -0.15) is 0 Å². The predicted molar refractivity (Wildman–Crippen MR) is 141 cm³/mol. The number of ether oxygens (including phenoxy) is 2. The molecule has 0 aliphatic carbocycles. The van der Waals surface area contributed by atoms with Crippen molar-refractivity contribution in [1.82, 2.24) is 9.97 Å². The molecule has 0 spiro atoms. The van der Waals surface area contributed by atoms with E-state index in [4.69, 9.17) is 9.47 Å². The summed E-state index contributed by atoms with van der Waals surface area (Å²) in [4.78, 5) is 21.8. The molecule has 2 aliphatic rings. The number of anilines is 2. The second-order valence-electron chi connectivity index (χ2n) is 9.41. The number of benzene rings is 2. The first kappa shape index (κ1) is 23.2. The first-order valence-corrected chi connectivity index (χ1v) is 12.4. The minimum Gasteiger partial charge on any atom is -0.456 e. The third-order valence-corrected chi connectivity index (χ3v) is 6.76. The lowest BCUT2D eigenvalue weighted by Crippen LogP contribution is -2.36. The monoisotopic (exact) mass is 498 g/mol. The number of hydrogen-bond acceptors (Lipinski definition) is 6. The summed E-state index contributed by atoms with van der Waals surface area (Å²) in [5, 5.41) is 3.42. The quantitative estimate of drug-likeness (QED) is 0.354. The second-order valence-corrected chi connectivity index (χ2v) is 9.41. The Morgan fingerprint density at radius 1 is 1.05 bits per heavy atom. The highest BCUT2D eigenvalue weighted by atomic mass is 19.1. The molecule has 8 heteroatoms. The summed E-state index contributed by atoms with van der Waals surface area (Å²) in [6.07, 6.45) is 2.40. The van der Waals surface area contributed by atoms with Gasteiger partial charge in [0.15, 0.2) is 0 Å². The van der Waals surface area contributed by atoms with Crippen LogP contribution < -0.4 is 20.5 Å². The number of rotatable bonds is 5. The third kappa shape index (κ3) is 4.80. The Morgan fingerprint density at radius 3 is 2.76 bits per heavy atom. The maximum atomic E-state index is 15.2. The zero-order chi connectivity index (χ0) is 25.4. The lowest BCUT2D eigenvalue weighted by molar-refractivity contribution is 0.122. The van der Waals surface area contributed by atoms with E-state index in [-0.39, 0.29) is 11.1 Å². The number of H-pyrrole nitrogens is 1. The van der Waals surface area contributed by atoms with Gasteiger partial charge < -0.3 is 24.7 Å². The van der Waals surface area contributed by atoms with Crippen LogP contribution in [0, 0.1) is 12.7 Å². The van der Waals surface area contributed by atoms with Crippen LogP contribution in [-0.4, -0.2) is 36.3 Å². The van der Waals surface area contributed by atoms with Crippen LogP contribution in [0.25, 0.3) is 11.3 Å². The number of halogens is 1. The Hall–Kier alpha value is -4.17. The summed E-state index contributed by atoms with van der Waals surface area (Å²) >= 11 is 0. The number of fused-ring (bicyclic) bond motifs is 2. The predicted octanol–water partition coefficient (Wildman–Crippen LogP) is 5.03. The minimum atomic E-state index is -0.444. The Morgan fingerprint density at radius 2 is 1.92 bits per heavy atom. The number of aryl methyl sites for hydroxylation is 1. The van der Waals surface area contributed by atoms with Gasteiger partial charge in [0.2, 0.25) is 5.56 Å². The van der Waals surface area contributed by atoms with Crippen LogP contribution in [0.4, 0.5) is 15.8 Å². The van der Waals surface area contributed by atoms with E-state index in [9.17, 15) is 4.79 Å². The molecular weight excluding hydrogens is 471 g/mol. The van der Waals surface area contributed by atoms with Crippen molar-refractivity contribution in [2.45, 2.75) is 19.9 Å². The molecular formula is C29H27FN4O3. The molecule has 0 unspecified atom stereocenters. The van der Waals surface area contributed by atoms with Gasteiger partial charge in [-0.05, 0) is 55.0 Å². The Kier molecular flexibility index (Phi) is 6.10. The zero-order valence-electron chi connectivity index (χ0n) is 20.5. The van der Waals surface area contributed by atoms with E-state index in [2.05, 4.69) is 32.3 Å². The topological polar surface area (TPSA) is 79.5 Å². The van der Waals surface area contributed by atoms with E-state index in [1.54, 1.807) is 12.1 Å². The number of pyridine rings is 2. The molecule has 4 aromatic rings. The van der Waals surface area contributed by atoms with Crippen LogP contribution in [0.3, 0.4) is 0 Å². The molecule has 6 rings (SSSR count). The molecule has 0 saturated carbocycles. The van der Waals surface area contributed by atoms with Crippen LogP contribution >= 0.6 is 0 Å². The van der Waals surface area contributed by atoms with E-state index in [1.807, 2.05) is 37.4 Å². The zero-order valence-corrected chi connectivity index (χ0v) is 20.5. The second kappa shape index (κ2) is 9.71. The van der Waals surface area contributed by atoms with Crippen LogP contribution in [0.1, 0.15) is 22.4 Å². The van der Waals surface area contributed by atoms with Crippen molar-refractivity contribution in [2.75, 3.05) is 36.5 Å². The summed E-state index contributed by atoms with van der Waals surface area (Å²) in [5.41, 5.74) is 6.08. The SMILES string of the molecule is Cc1ccnc(CNc2ccc3c(c2)Cc2ccc(F)c(-c4cc(N5CCOCC5)cc(=O)[nH]4)c2O3)c1. The maximum absolute atomic E-state index is 15.2. The van der Waals surface area contributed by atoms with E-state index >= 15 is 4.39 Å². The maximum Gasteiger partial charge on any atom is 0.250 e. The van der Waals surface area contributed by atoms with Gasteiger partial charge in [-0.1, -0.05) is 6.07 Å². The van der Waals surface area contributed by atoms with Crippen molar-refractivity contribution in [1.29, 1.82) is 0 Å². The Bertz CT molecular complexity index is 1530. The van der Waals surface area contributed by atoms with Gasteiger partial charge in [0.05, 0.1) is 36.7 Å². The molecule has 0 atom stereocenters. The molecule has 2 aromatic heterocycles. The molecule has 1 fully saturated rings. The number of hydrogen-bond donors (Lipinski definition) is 2. The summed E-state index contributed by atoms with van der Waals surface area (Å²) in [5.74, 6) is 0.665. The molecule has 7 nitrogen and oxygen atoms in total. The molecule has 2 aliphatic heterocycles. The largest absolute Gasteiger partial charge is 0.456 e. The van der Waals surface area contributed by atoms with Gasteiger partial charge in [0, 0.05) is 54.3 Å². The lowest BCUT2D eigenvalue weighted by Gasteiger charge is -2.29. The summed E-state index contributed by atoms with van der Waals surface area (Å²) in [6, 6.07) is 16.5. The van der Waals surface area contributed by atoms with Gasteiger partial charge in [0.1, 0.15) is 17.3 Å². The molecule has 0 amide bonds. The van der Waals surface area contributed by atoms with Crippen molar-refractivity contribution in [3.63, 3.8) is 0 Å². The van der Waals surface area contributed by atoms with E-state index in [1.165, 1.54) is 11.6 Å². The lowest BCUT2D eigenvalue weighted by atomic mass is 9.95. The number of nitrogens with zero attached hydrogens (tertiary/aromatic N) is 2. The highest BCUT2D eigenvalue weighted by Crippen LogP contribution is 2.44. The van der Waals surface area contributed by atoms with Crippen molar-refractivity contribution < 1.29 is 13.9 Å². The molecule has 188 valence electrons. The Labute approximate surface area is 213 Å².